The van der Waals surface area contributed by atoms with Crippen molar-refractivity contribution in [3.8, 4) is 0 Å². The van der Waals surface area contributed by atoms with Gasteiger partial charge in [0, 0.05) is 24.3 Å². The maximum atomic E-state index is 13.2. The van der Waals surface area contributed by atoms with Crippen molar-refractivity contribution >= 4 is 28.9 Å². The SMILES string of the molecule is C=C/C=C(\C=C/C)C1(C(=O)Nc2ccc(Cl)cc2[N+](=O)[O-])CCOCC1. The molecule has 1 amide bonds. The molecule has 0 aliphatic carbocycles. The number of nitrogens with one attached hydrogen (secondary N) is 1. The highest BCUT2D eigenvalue weighted by atomic mass is 35.5. The van der Waals surface area contributed by atoms with E-state index in [9.17, 15) is 14.9 Å². The van der Waals surface area contributed by atoms with Gasteiger partial charge in [0.2, 0.25) is 5.91 Å². The molecule has 7 heteroatoms. The van der Waals surface area contributed by atoms with Crippen LogP contribution in [-0.2, 0) is 9.53 Å². The molecule has 0 bridgehead atoms. The topological polar surface area (TPSA) is 81.5 Å². The Morgan fingerprint density at radius 1 is 1.42 bits per heavy atom. The average molecular weight is 377 g/mol. The number of halogens is 1. The number of hydrogen-bond donors (Lipinski definition) is 1. The van der Waals surface area contributed by atoms with Crippen LogP contribution in [0.15, 0.2) is 54.7 Å². The number of anilines is 1. The molecule has 1 heterocycles. The maximum Gasteiger partial charge on any atom is 0.294 e. The Bertz CT molecular complexity index is 765. The quantitative estimate of drug-likeness (QED) is 0.444. The van der Waals surface area contributed by atoms with Crippen LogP contribution in [0.1, 0.15) is 19.8 Å². The first-order valence-corrected chi connectivity index (χ1v) is 8.61. The lowest BCUT2D eigenvalue weighted by Gasteiger charge is -2.37. The molecule has 6 nitrogen and oxygen atoms in total. The van der Waals surface area contributed by atoms with Crippen LogP contribution in [0.4, 0.5) is 11.4 Å². The first-order chi connectivity index (χ1) is 12.4. The summed E-state index contributed by atoms with van der Waals surface area (Å²) < 4.78 is 5.43. The molecule has 1 aliphatic heterocycles. The Hall–Kier alpha value is -2.44. The molecule has 26 heavy (non-hydrogen) atoms. The van der Waals surface area contributed by atoms with Gasteiger partial charge in [0.25, 0.3) is 5.69 Å². The number of nitro groups is 1. The Balaban J connectivity index is 2.44. The summed E-state index contributed by atoms with van der Waals surface area (Å²) in [4.78, 5) is 23.9. The molecule has 0 unspecified atom stereocenters. The predicted octanol–water partition coefficient (Wildman–Crippen LogP) is 4.67. The van der Waals surface area contributed by atoms with Crippen molar-refractivity contribution in [2.75, 3.05) is 18.5 Å². The van der Waals surface area contributed by atoms with Crippen LogP contribution >= 0.6 is 11.6 Å². The van der Waals surface area contributed by atoms with E-state index in [1.165, 1.54) is 18.2 Å². The van der Waals surface area contributed by atoms with Crippen LogP contribution in [0.2, 0.25) is 5.02 Å². The summed E-state index contributed by atoms with van der Waals surface area (Å²) in [7, 11) is 0. The van der Waals surface area contributed by atoms with Crippen LogP contribution in [-0.4, -0.2) is 24.0 Å². The van der Waals surface area contributed by atoms with Gasteiger partial charge in [0.05, 0.1) is 10.3 Å². The van der Waals surface area contributed by atoms with Crippen molar-refractivity contribution in [1.82, 2.24) is 0 Å². The molecule has 2 rings (SSSR count). The molecule has 0 spiro atoms. The van der Waals surface area contributed by atoms with E-state index in [0.29, 0.717) is 26.1 Å². The van der Waals surface area contributed by atoms with Crippen molar-refractivity contribution in [2.24, 2.45) is 5.41 Å². The van der Waals surface area contributed by atoms with Gasteiger partial charge in [-0.3, -0.25) is 14.9 Å². The minimum Gasteiger partial charge on any atom is -0.381 e. The molecule has 1 saturated heterocycles. The normalized spacial score (nSPS) is 17.1. The molecular weight excluding hydrogens is 356 g/mol. The minimum atomic E-state index is -0.841. The van der Waals surface area contributed by atoms with E-state index in [0.717, 1.165) is 5.57 Å². The minimum absolute atomic E-state index is 0.119. The Morgan fingerprint density at radius 3 is 2.69 bits per heavy atom. The summed E-state index contributed by atoms with van der Waals surface area (Å²) in [6.07, 6.45) is 8.09. The molecular formula is C19H21ClN2O4. The fourth-order valence-corrected chi connectivity index (χ4v) is 3.22. The van der Waals surface area contributed by atoms with Gasteiger partial charge < -0.3 is 10.1 Å². The van der Waals surface area contributed by atoms with Gasteiger partial charge in [0.1, 0.15) is 5.69 Å². The van der Waals surface area contributed by atoms with Crippen LogP contribution < -0.4 is 5.32 Å². The zero-order valence-electron chi connectivity index (χ0n) is 14.5. The number of nitrogens with zero attached hydrogens (tertiary/aromatic N) is 1. The van der Waals surface area contributed by atoms with Crippen molar-refractivity contribution < 1.29 is 14.5 Å². The van der Waals surface area contributed by atoms with Gasteiger partial charge in [-0.25, -0.2) is 0 Å². The van der Waals surface area contributed by atoms with E-state index in [1.807, 2.05) is 19.1 Å². The first-order valence-electron chi connectivity index (χ1n) is 8.23. The Morgan fingerprint density at radius 2 is 2.12 bits per heavy atom. The van der Waals surface area contributed by atoms with Crippen molar-refractivity contribution in [3.63, 3.8) is 0 Å². The number of hydrogen-bond acceptors (Lipinski definition) is 4. The van der Waals surface area contributed by atoms with E-state index in [-0.39, 0.29) is 22.3 Å². The number of benzene rings is 1. The number of ether oxygens (including phenoxy) is 1. The zero-order chi connectivity index (χ0) is 19.2. The number of nitro benzene ring substituents is 1. The number of amides is 1. The van der Waals surface area contributed by atoms with Crippen molar-refractivity contribution in [2.45, 2.75) is 19.8 Å². The number of carbonyl (C=O) groups is 1. The molecule has 1 aliphatic rings. The second kappa shape index (κ2) is 8.78. The van der Waals surface area contributed by atoms with Gasteiger partial charge in [0.15, 0.2) is 0 Å². The third kappa shape index (κ3) is 4.20. The molecule has 0 radical (unpaired) electrons. The third-order valence-electron chi connectivity index (χ3n) is 4.38. The zero-order valence-corrected chi connectivity index (χ0v) is 15.3. The lowest BCUT2D eigenvalue weighted by molar-refractivity contribution is -0.383. The maximum absolute atomic E-state index is 13.2. The van der Waals surface area contributed by atoms with Crippen LogP contribution in [0.3, 0.4) is 0 Å². The van der Waals surface area contributed by atoms with Crippen LogP contribution in [0, 0.1) is 15.5 Å². The summed E-state index contributed by atoms with van der Waals surface area (Å²) in [6, 6.07) is 4.17. The van der Waals surface area contributed by atoms with Gasteiger partial charge in [-0.05, 0) is 37.5 Å². The van der Waals surface area contributed by atoms with Crippen molar-refractivity contribution in [1.29, 1.82) is 0 Å². The van der Waals surface area contributed by atoms with E-state index in [4.69, 9.17) is 16.3 Å². The van der Waals surface area contributed by atoms with Gasteiger partial charge in [-0.1, -0.05) is 42.5 Å². The second-order valence-corrected chi connectivity index (χ2v) is 6.36. The smallest absolute Gasteiger partial charge is 0.294 e. The van der Waals surface area contributed by atoms with Gasteiger partial charge in [-0.2, -0.15) is 0 Å². The standard InChI is InChI=1S/C19H21ClN2O4/c1-3-5-14(6-4-2)19(9-11-26-12-10-19)18(23)21-16-8-7-15(20)13-17(16)22(24)25/h3-8,13H,1,9-12H2,2H3,(H,21,23)/b6-4-,14-5+. The molecule has 0 atom stereocenters. The summed E-state index contributed by atoms with van der Waals surface area (Å²) in [5.74, 6) is -0.308. The Kier molecular flexibility index (Phi) is 6.71. The lowest BCUT2D eigenvalue weighted by Crippen LogP contribution is -2.42. The number of carbonyl (C=O) groups excluding carboxylic acids is 1. The molecule has 1 aromatic rings. The van der Waals surface area contributed by atoms with Crippen LogP contribution in [0.5, 0.6) is 0 Å². The molecule has 1 aromatic carbocycles. The van der Waals surface area contributed by atoms with Gasteiger partial charge >= 0.3 is 0 Å². The van der Waals surface area contributed by atoms with Crippen molar-refractivity contribution in [3.05, 3.63) is 69.8 Å². The number of allylic oxidation sites excluding steroid dienone is 4. The first kappa shape index (κ1) is 19.9. The molecule has 0 aromatic heterocycles. The summed E-state index contributed by atoms with van der Waals surface area (Å²) in [5, 5.41) is 14.2. The van der Waals surface area contributed by atoms with E-state index in [1.54, 1.807) is 12.2 Å². The fourth-order valence-electron chi connectivity index (χ4n) is 3.05. The number of rotatable bonds is 6. The van der Waals surface area contributed by atoms with Crippen LogP contribution in [0.25, 0.3) is 0 Å². The largest absolute Gasteiger partial charge is 0.381 e. The monoisotopic (exact) mass is 376 g/mol. The lowest BCUT2D eigenvalue weighted by atomic mass is 9.72. The summed E-state index contributed by atoms with van der Waals surface area (Å²) in [5.41, 5.74) is -0.165. The molecule has 1 N–H and O–H groups in total. The highest BCUT2D eigenvalue weighted by Crippen LogP contribution is 2.41. The fraction of sp³-hybridized carbons (Fsp3) is 0.316. The third-order valence-corrected chi connectivity index (χ3v) is 4.62. The highest BCUT2D eigenvalue weighted by molar-refractivity contribution is 6.31. The second-order valence-electron chi connectivity index (χ2n) is 5.92. The predicted molar refractivity (Wildman–Crippen MR) is 102 cm³/mol. The van der Waals surface area contributed by atoms with E-state index < -0.39 is 10.3 Å². The summed E-state index contributed by atoms with van der Waals surface area (Å²) in [6.45, 7) is 6.45. The van der Waals surface area contributed by atoms with E-state index >= 15 is 0 Å². The molecule has 138 valence electrons. The summed E-state index contributed by atoms with van der Waals surface area (Å²) >= 11 is 5.84. The Labute approximate surface area is 157 Å². The highest BCUT2D eigenvalue weighted by Gasteiger charge is 2.42. The van der Waals surface area contributed by atoms with E-state index in [2.05, 4.69) is 11.9 Å². The molecule has 1 fully saturated rings. The van der Waals surface area contributed by atoms with Gasteiger partial charge in [-0.15, -0.1) is 0 Å². The molecule has 0 saturated carbocycles. The average Bonchev–Trinajstić information content (AvgIpc) is 2.63.